The molecule has 3 aliphatic rings. The van der Waals surface area contributed by atoms with Gasteiger partial charge in [0.2, 0.25) is 0 Å². The van der Waals surface area contributed by atoms with Crippen molar-refractivity contribution < 1.29 is 9.18 Å². The Morgan fingerprint density at radius 3 is 2.65 bits per heavy atom. The van der Waals surface area contributed by atoms with Gasteiger partial charge in [0.05, 0.1) is 23.6 Å². The van der Waals surface area contributed by atoms with Crippen LogP contribution in [0, 0.1) is 17.2 Å². The number of piperidine rings is 1. The Kier molecular flexibility index (Phi) is 7.74. The second-order valence-electron chi connectivity index (χ2n) is 11.9. The number of likely N-dealkylation sites (tertiary alicyclic amines) is 1. The van der Waals surface area contributed by atoms with Gasteiger partial charge in [0.1, 0.15) is 5.82 Å². The Bertz CT molecular complexity index is 1340. The van der Waals surface area contributed by atoms with E-state index in [0.717, 1.165) is 62.3 Å². The lowest BCUT2D eigenvalue weighted by molar-refractivity contribution is 0.209. The molecule has 2 aliphatic carbocycles. The second-order valence-corrected chi connectivity index (χ2v) is 11.9. The number of hydrogen-bond donors (Lipinski definition) is 2. The minimum Gasteiger partial charge on any atom is -0.337 e. The van der Waals surface area contributed by atoms with E-state index in [1.807, 2.05) is 16.9 Å². The zero-order valence-corrected chi connectivity index (χ0v) is 23.4. The number of amides is 2. The van der Waals surface area contributed by atoms with Gasteiger partial charge in [-0.05, 0) is 104 Å². The van der Waals surface area contributed by atoms with Gasteiger partial charge in [0, 0.05) is 13.1 Å². The Balaban J connectivity index is 1.16. The first-order valence-corrected chi connectivity index (χ1v) is 14.9. The molecule has 2 aromatic carbocycles. The van der Waals surface area contributed by atoms with E-state index < -0.39 is 0 Å². The average molecular weight is 542 g/mol. The van der Waals surface area contributed by atoms with Crippen molar-refractivity contribution in [1.82, 2.24) is 25.3 Å². The number of nitrogens with zero attached hydrogens (tertiary/aromatic N) is 3. The van der Waals surface area contributed by atoms with Crippen LogP contribution in [0.3, 0.4) is 0 Å². The molecule has 1 saturated heterocycles. The molecule has 1 aliphatic heterocycles. The van der Waals surface area contributed by atoms with Crippen LogP contribution >= 0.6 is 0 Å². The molecular formula is C33H40FN5O. The van der Waals surface area contributed by atoms with E-state index in [0.29, 0.717) is 12.5 Å². The van der Waals surface area contributed by atoms with Crippen molar-refractivity contribution in [3.05, 3.63) is 89.0 Å². The summed E-state index contributed by atoms with van der Waals surface area (Å²) in [5, 5.41) is 11.1. The van der Waals surface area contributed by atoms with Crippen LogP contribution in [0.4, 0.5) is 9.18 Å². The van der Waals surface area contributed by atoms with Crippen LogP contribution in [-0.2, 0) is 6.42 Å². The summed E-state index contributed by atoms with van der Waals surface area (Å²) in [5.74, 6) is 0.187. The molecule has 210 valence electrons. The highest BCUT2D eigenvalue weighted by Gasteiger charge is 2.46. The lowest BCUT2D eigenvalue weighted by atomic mass is 9.68. The summed E-state index contributed by atoms with van der Waals surface area (Å²) >= 11 is 0. The lowest BCUT2D eigenvalue weighted by Crippen LogP contribution is -2.43. The van der Waals surface area contributed by atoms with Crippen molar-refractivity contribution in [2.24, 2.45) is 11.3 Å². The predicted molar refractivity (Wildman–Crippen MR) is 157 cm³/mol. The molecule has 2 N–H and O–H groups in total. The summed E-state index contributed by atoms with van der Waals surface area (Å²) in [6.45, 7) is 6.23. The molecule has 40 heavy (non-hydrogen) atoms. The summed E-state index contributed by atoms with van der Waals surface area (Å²) in [6.07, 6.45) is 12.1. The largest absolute Gasteiger partial charge is 0.337 e. The topological polar surface area (TPSA) is 62.2 Å². The normalized spacial score (nSPS) is 23.1. The summed E-state index contributed by atoms with van der Waals surface area (Å²) in [7, 11) is 0. The smallest absolute Gasteiger partial charge is 0.315 e. The zero-order chi connectivity index (χ0) is 27.5. The van der Waals surface area contributed by atoms with Crippen LogP contribution < -0.4 is 10.6 Å². The van der Waals surface area contributed by atoms with Crippen LogP contribution in [0.5, 0.6) is 0 Å². The van der Waals surface area contributed by atoms with Gasteiger partial charge in [-0.3, -0.25) is 0 Å². The maximum atomic E-state index is 13.5. The van der Waals surface area contributed by atoms with Gasteiger partial charge in [-0.2, -0.15) is 5.10 Å². The molecule has 7 heteroatoms. The quantitative estimate of drug-likeness (QED) is 0.353. The van der Waals surface area contributed by atoms with Crippen molar-refractivity contribution >= 4 is 12.1 Å². The summed E-state index contributed by atoms with van der Waals surface area (Å²) < 4.78 is 15.4. The fourth-order valence-electron chi connectivity index (χ4n) is 7.07. The molecular weight excluding hydrogens is 501 g/mol. The third-order valence-corrected chi connectivity index (χ3v) is 9.41. The highest BCUT2D eigenvalue weighted by Crippen LogP contribution is 2.55. The Morgan fingerprint density at radius 2 is 1.88 bits per heavy atom. The van der Waals surface area contributed by atoms with E-state index in [4.69, 9.17) is 0 Å². The van der Waals surface area contributed by atoms with Crippen molar-refractivity contribution in [3.8, 4) is 5.69 Å². The lowest BCUT2D eigenvalue weighted by Gasteiger charge is -2.37. The van der Waals surface area contributed by atoms with Crippen molar-refractivity contribution in [3.63, 3.8) is 0 Å². The highest BCUT2D eigenvalue weighted by atomic mass is 19.1. The molecule has 3 aromatic rings. The number of halogens is 1. The van der Waals surface area contributed by atoms with E-state index >= 15 is 0 Å². The third-order valence-electron chi connectivity index (χ3n) is 9.41. The monoisotopic (exact) mass is 541 g/mol. The molecule has 3 atom stereocenters. The minimum absolute atomic E-state index is 0.0170. The van der Waals surface area contributed by atoms with Gasteiger partial charge in [-0.15, -0.1) is 0 Å². The fraction of sp³-hybridized carbons (Fsp3) is 0.455. The Morgan fingerprint density at radius 1 is 1.10 bits per heavy atom. The maximum absolute atomic E-state index is 13.5. The number of hydrogen-bond acceptors (Lipinski definition) is 3. The van der Waals surface area contributed by atoms with Crippen molar-refractivity contribution in [1.29, 1.82) is 0 Å². The molecule has 6 rings (SSSR count). The molecule has 1 aromatic heterocycles. The second kappa shape index (κ2) is 11.6. The zero-order valence-electron chi connectivity index (χ0n) is 23.4. The number of nitrogens with one attached hydrogen (secondary N) is 2. The minimum atomic E-state index is -0.244. The first-order chi connectivity index (χ1) is 19.5. The maximum Gasteiger partial charge on any atom is 0.315 e. The predicted octanol–water partition coefficient (Wildman–Crippen LogP) is 6.28. The molecule has 2 amide bonds. The first-order valence-electron chi connectivity index (χ1n) is 14.9. The SMILES string of the molecule is C[C@]12Cc3cnn(-c4ccc(F)cc4)c3C=C1CC[C@@H]2CC(NC(=O)NCCN1CCCCC1)c1ccccc1. The molecule has 1 saturated carbocycles. The van der Waals surface area contributed by atoms with Crippen molar-refractivity contribution in [2.45, 2.75) is 57.9 Å². The van der Waals surface area contributed by atoms with Gasteiger partial charge in [0.25, 0.3) is 0 Å². The summed E-state index contributed by atoms with van der Waals surface area (Å²) in [6, 6.07) is 16.8. The van der Waals surface area contributed by atoms with Crippen LogP contribution in [0.2, 0.25) is 0 Å². The average Bonchev–Trinajstić information content (AvgIpc) is 3.52. The fourth-order valence-corrected chi connectivity index (χ4v) is 7.07. The molecule has 1 unspecified atom stereocenters. The van der Waals surface area contributed by atoms with E-state index in [-0.39, 0.29) is 23.3 Å². The standard InChI is InChI=1S/C33H40FN5O/c1-33-22-25-23-36-39(29-14-12-28(34)13-15-29)31(25)21-27(33)11-10-26(33)20-30(24-8-4-2-5-9-24)37-32(40)35-16-19-38-17-6-3-7-18-38/h2,4-5,8-9,12-15,21,23,26,30H,3,6-7,10-11,16-20,22H2,1H3,(H2,35,37,40)/t26-,30?,33-/m1/s1. The number of urea groups is 1. The third kappa shape index (κ3) is 5.57. The summed E-state index contributed by atoms with van der Waals surface area (Å²) in [4.78, 5) is 15.5. The molecule has 0 bridgehead atoms. The van der Waals surface area contributed by atoms with Gasteiger partial charge < -0.3 is 15.5 Å². The van der Waals surface area contributed by atoms with E-state index in [1.165, 1.54) is 42.5 Å². The molecule has 6 nitrogen and oxygen atoms in total. The Labute approximate surface area is 236 Å². The number of rotatable bonds is 8. The number of allylic oxidation sites excluding steroid dienone is 1. The van der Waals surface area contributed by atoms with Gasteiger partial charge in [0.15, 0.2) is 0 Å². The van der Waals surface area contributed by atoms with Gasteiger partial charge in [-0.25, -0.2) is 13.9 Å². The van der Waals surface area contributed by atoms with Crippen LogP contribution in [-0.4, -0.2) is 46.9 Å². The molecule has 0 spiro atoms. The van der Waals surface area contributed by atoms with E-state index in [2.05, 4.69) is 57.9 Å². The van der Waals surface area contributed by atoms with Crippen LogP contribution in [0.25, 0.3) is 11.8 Å². The number of aromatic nitrogens is 2. The van der Waals surface area contributed by atoms with Crippen LogP contribution in [0.1, 0.15) is 68.3 Å². The van der Waals surface area contributed by atoms with E-state index in [9.17, 15) is 9.18 Å². The molecule has 2 fully saturated rings. The number of carbonyl (C=O) groups excluding carboxylic acids is 1. The molecule has 0 radical (unpaired) electrons. The van der Waals surface area contributed by atoms with Crippen LogP contribution in [0.15, 0.2) is 66.4 Å². The molecule has 2 heterocycles. The van der Waals surface area contributed by atoms with Gasteiger partial charge >= 0.3 is 6.03 Å². The summed E-state index contributed by atoms with van der Waals surface area (Å²) in [5.41, 5.74) is 5.82. The van der Waals surface area contributed by atoms with E-state index in [1.54, 1.807) is 12.1 Å². The Hall–Kier alpha value is -3.45. The number of fused-ring (bicyclic) bond motifs is 2. The highest BCUT2D eigenvalue weighted by molar-refractivity contribution is 5.74. The van der Waals surface area contributed by atoms with Gasteiger partial charge in [-0.1, -0.05) is 49.2 Å². The van der Waals surface area contributed by atoms with Crippen molar-refractivity contribution in [2.75, 3.05) is 26.2 Å². The first kappa shape index (κ1) is 26.8. The number of carbonyl (C=O) groups is 1. The number of benzene rings is 2.